The molecule has 0 aliphatic heterocycles. The zero-order valence-electron chi connectivity index (χ0n) is 15.8. The highest BCUT2D eigenvalue weighted by Gasteiger charge is 2.33. The van der Waals surface area contributed by atoms with Crippen LogP contribution in [0.5, 0.6) is 0 Å². The molecule has 0 atom stereocenters. The van der Waals surface area contributed by atoms with Crippen molar-refractivity contribution in [3.05, 3.63) is 11.6 Å². The van der Waals surface area contributed by atoms with E-state index in [2.05, 4.69) is 71.0 Å². The van der Waals surface area contributed by atoms with E-state index in [1.165, 1.54) is 11.6 Å². The van der Waals surface area contributed by atoms with E-state index >= 15 is 0 Å². The Morgan fingerprint density at radius 2 is 1.67 bits per heavy atom. The predicted molar refractivity (Wildman–Crippen MR) is 102 cm³/mol. The minimum atomic E-state index is -1.49. The van der Waals surface area contributed by atoms with E-state index in [0.29, 0.717) is 5.04 Å². The van der Waals surface area contributed by atoms with Crippen molar-refractivity contribution in [3.8, 4) is 11.5 Å². The number of rotatable bonds is 6. The number of allylic oxidation sites excluding steroid dienone is 2. The third kappa shape index (κ3) is 9.34. The van der Waals surface area contributed by atoms with Gasteiger partial charge in [-0.15, -0.1) is 5.54 Å². The van der Waals surface area contributed by atoms with Crippen LogP contribution in [0.1, 0.15) is 33.6 Å². The van der Waals surface area contributed by atoms with Crippen molar-refractivity contribution in [3.63, 3.8) is 0 Å². The molecule has 0 radical (unpaired) electrons. The molecule has 122 valence electrons. The van der Waals surface area contributed by atoms with Gasteiger partial charge < -0.3 is 4.74 Å². The minimum absolute atomic E-state index is 0.336. The first kappa shape index (κ1) is 20.7. The smallest absolute Gasteiger partial charge is 0.138 e. The zero-order valence-corrected chi connectivity index (χ0v) is 17.8. The Kier molecular flexibility index (Phi) is 8.24. The molecule has 0 saturated carbocycles. The molecule has 3 heteroatoms. The molecule has 0 rings (SSSR count). The lowest BCUT2D eigenvalue weighted by atomic mass is 10.1. The van der Waals surface area contributed by atoms with Gasteiger partial charge in [0.2, 0.25) is 0 Å². The van der Waals surface area contributed by atoms with Crippen molar-refractivity contribution < 1.29 is 4.74 Å². The fourth-order valence-electron chi connectivity index (χ4n) is 1.84. The predicted octanol–water partition coefficient (Wildman–Crippen LogP) is 5.73. The van der Waals surface area contributed by atoms with E-state index in [1.54, 1.807) is 7.11 Å². The third-order valence-electron chi connectivity index (χ3n) is 4.14. The molecule has 21 heavy (non-hydrogen) atoms. The van der Waals surface area contributed by atoms with Gasteiger partial charge in [0.1, 0.15) is 8.07 Å². The first-order valence-corrected chi connectivity index (χ1v) is 14.8. The van der Waals surface area contributed by atoms with Gasteiger partial charge in [-0.2, -0.15) is 0 Å². The van der Waals surface area contributed by atoms with Gasteiger partial charge in [-0.1, -0.05) is 65.0 Å². The van der Waals surface area contributed by atoms with E-state index in [-0.39, 0.29) is 0 Å². The van der Waals surface area contributed by atoms with E-state index in [4.69, 9.17) is 4.74 Å². The maximum atomic E-state index is 5.18. The minimum Gasteiger partial charge on any atom is -0.385 e. The Bertz CT molecular complexity index is 398. The van der Waals surface area contributed by atoms with E-state index in [1.807, 2.05) is 0 Å². The fourth-order valence-corrected chi connectivity index (χ4v) is 4.29. The lowest BCUT2D eigenvalue weighted by Crippen LogP contribution is -2.35. The van der Waals surface area contributed by atoms with Crippen LogP contribution in [0.25, 0.3) is 0 Å². The second-order valence-electron chi connectivity index (χ2n) is 8.78. The monoisotopic (exact) mass is 324 g/mol. The highest BCUT2D eigenvalue weighted by atomic mass is 28.3. The van der Waals surface area contributed by atoms with Gasteiger partial charge in [0.25, 0.3) is 0 Å². The second-order valence-corrected chi connectivity index (χ2v) is 19.3. The molecule has 0 amide bonds. The van der Waals surface area contributed by atoms with E-state index in [9.17, 15) is 0 Å². The van der Waals surface area contributed by atoms with Crippen molar-refractivity contribution in [2.45, 2.75) is 77.4 Å². The number of hydrogen-bond donors (Lipinski definition) is 0. The van der Waals surface area contributed by atoms with Gasteiger partial charge >= 0.3 is 0 Å². The van der Waals surface area contributed by atoms with Crippen molar-refractivity contribution in [2.75, 3.05) is 13.7 Å². The van der Waals surface area contributed by atoms with Crippen molar-refractivity contribution >= 4 is 16.1 Å². The Balaban J connectivity index is 5.01. The van der Waals surface area contributed by atoms with Gasteiger partial charge in [-0.05, 0) is 30.0 Å². The molecule has 0 fully saturated rings. The standard InChI is InChI=1S/C18H36OSi2/c1-18(2,3)21(8,9)15-11-13-17(12-10-14-19-4)16-20(5,6)7/h13H,10,12,14,16H2,1-9H3/b17-13-. The highest BCUT2D eigenvalue weighted by Crippen LogP contribution is 2.35. The van der Waals surface area contributed by atoms with Gasteiger partial charge in [0.15, 0.2) is 0 Å². The first-order valence-electron chi connectivity index (χ1n) is 8.08. The molecule has 0 aromatic rings. The molecule has 0 aromatic carbocycles. The Hall–Kier alpha value is -0.306. The fraction of sp³-hybridized carbons (Fsp3) is 0.778. The van der Waals surface area contributed by atoms with Crippen LogP contribution < -0.4 is 0 Å². The summed E-state index contributed by atoms with van der Waals surface area (Å²) in [5.74, 6) is 3.41. The molecule has 0 bridgehead atoms. The molecule has 0 heterocycles. The average molecular weight is 325 g/mol. The summed E-state index contributed by atoms with van der Waals surface area (Å²) in [4.78, 5) is 0. The van der Waals surface area contributed by atoms with Crippen molar-refractivity contribution in [1.29, 1.82) is 0 Å². The summed E-state index contributed by atoms with van der Waals surface area (Å²) in [6.45, 7) is 19.8. The second kappa shape index (κ2) is 8.36. The molecule has 0 saturated heterocycles. The van der Waals surface area contributed by atoms with Crippen LogP contribution >= 0.6 is 0 Å². The molecule has 0 aromatic heterocycles. The molecular formula is C18H36OSi2. The molecule has 0 aliphatic rings. The van der Waals surface area contributed by atoms with Crippen LogP contribution in [0.2, 0.25) is 43.8 Å². The Morgan fingerprint density at radius 1 is 1.10 bits per heavy atom. The van der Waals surface area contributed by atoms with Gasteiger partial charge in [-0.3, -0.25) is 0 Å². The summed E-state index contributed by atoms with van der Waals surface area (Å²) in [5.41, 5.74) is 5.13. The van der Waals surface area contributed by atoms with Gasteiger partial charge in [-0.25, -0.2) is 0 Å². The topological polar surface area (TPSA) is 9.23 Å². The number of ether oxygens (including phenoxy) is 1. The molecule has 0 aliphatic carbocycles. The van der Waals surface area contributed by atoms with Crippen LogP contribution in [0.3, 0.4) is 0 Å². The van der Waals surface area contributed by atoms with Crippen molar-refractivity contribution in [1.82, 2.24) is 0 Å². The first-order chi connectivity index (χ1) is 9.39. The SMILES string of the molecule is COCCC/C(=C/C#C[Si](C)(C)C(C)(C)C)C[Si](C)(C)C. The number of hydrogen-bond acceptors (Lipinski definition) is 1. The largest absolute Gasteiger partial charge is 0.385 e. The average Bonchev–Trinajstić information content (AvgIpc) is 2.25. The Morgan fingerprint density at radius 3 is 2.10 bits per heavy atom. The Labute approximate surface area is 135 Å². The van der Waals surface area contributed by atoms with Crippen LogP contribution in [-0.2, 0) is 4.74 Å². The normalized spacial score (nSPS) is 13.9. The number of methoxy groups -OCH3 is 1. The van der Waals surface area contributed by atoms with Crippen LogP contribution in [0.15, 0.2) is 11.6 Å². The maximum Gasteiger partial charge on any atom is 0.138 e. The molecule has 0 N–H and O–H groups in total. The van der Waals surface area contributed by atoms with Crippen LogP contribution in [0.4, 0.5) is 0 Å². The van der Waals surface area contributed by atoms with Gasteiger partial charge in [0.05, 0.1) is 0 Å². The third-order valence-corrected chi connectivity index (χ3v) is 10.2. The van der Waals surface area contributed by atoms with E-state index < -0.39 is 16.1 Å². The zero-order chi connectivity index (χ0) is 16.7. The molecule has 0 spiro atoms. The van der Waals surface area contributed by atoms with Crippen LogP contribution in [0, 0.1) is 11.5 Å². The summed E-state index contributed by atoms with van der Waals surface area (Å²) in [6.07, 6.45) is 4.45. The summed E-state index contributed by atoms with van der Waals surface area (Å²) >= 11 is 0. The van der Waals surface area contributed by atoms with Gasteiger partial charge in [0, 0.05) is 21.8 Å². The molecule has 0 unspecified atom stereocenters. The summed E-state index contributed by atoms with van der Waals surface area (Å²) < 4.78 is 5.18. The summed E-state index contributed by atoms with van der Waals surface area (Å²) in [6, 6.07) is 1.25. The van der Waals surface area contributed by atoms with Crippen LogP contribution in [-0.4, -0.2) is 29.9 Å². The highest BCUT2D eigenvalue weighted by molar-refractivity contribution is 6.87. The van der Waals surface area contributed by atoms with Crippen molar-refractivity contribution in [2.24, 2.45) is 0 Å². The summed E-state index contributed by atoms with van der Waals surface area (Å²) in [5, 5.41) is 0.336. The molecular weight excluding hydrogens is 288 g/mol. The van der Waals surface area contributed by atoms with E-state index in [0.717, 1.165) is 19.4 Å². The maximum absolute atomic E-state index is 5.18. The lowest BCUT2D eigenvalue weighted by molar-refractivity contribution is 0.195. The lowest BCUT2D eigenvalue weighted by Gasteiger charge is -2.31. The summed E-state index contributed by atoms with van der Waals surface area (Å²) in [7, 11) is -0.789. The quantitative estimate of drug-likeness (QED) is 0.344. The molecule has 1 nitrogen and oxygen atoms in total.